The number of nitrogens with one attached hydrogen (secondary N) is 1. The molecule has 222 valence electrons. The highest BCUT2D eigenvalue weighted by molar-refractivity contribution is 6.76. The molecule has 0 radical (unpaired) electrons. The molecule has 0 spiro atoms. The Balaban J connectivity index is 2.58. The minimum absolute atomic E-state index is 0.0842. The van der Waals surface area contributed by atoms with Gasteiger partial charge in [0, 0.05) is 6.42 Å². The summed E-state index contributed by atoms with van der Waals surface area (Å²) >= 11 is 17.4. The third-order valence-corrected chi connectivity index (χ3v) is 6.02. The normalized spacial score (nSPS) is 23.1. The standard InChI is InChI=1S/C26H32Cl3NO10/c1-14(31)11-12-16(32)37-18-17(36-13-15-9-7-6-8-10-15)20(39-24(34)25(2,3)4)22(38-19(18)21(33)35-5)40-23(30)26(27,28)29/h6-10,17-20,22,30H,11-13H2,1-5H3/t17-,18-,19+,20+,22-/m1/s1. The minimum Gasteiger partial charge on any atom is -0.467 e. The first-order valence-electron chi connectivity index (χ1n) is 12.2. The molecule has 14 heteroatoms. The molecule has 1 aliphatic heterocycles. The van der Waals surface area contributed by atoms with Crippen LogP contribution in [0.1, 0.15) is 46.1 Å². The van der Waals surface area contributed by atoms with E-state index in [1.54, 1.807) is 51.1 Å². The number of methoxy groups -OCH3 is 1. The molecular weight excluding hydrogens is 593 g/mol. The quantitative estimate of drug-likeness (QED) is 0.133. The third kappa shape index (κ3) is 9.88. The molecule has 0 bridgehead atoms. The summed E-state index contributed by atoms with van der Waals surface area (Å²) < 4.78 is 31.1. The number of benzene rings is 1. The average molecular weight is 625 g/mol. The van der Waals surface area contributed by atoms with Gasteiger partial charge in [0.05, 0.1) is 25.6 Å². The summed E-state index contributed by atoms with van der Waals surface area (Å²) in [6.07, 6.45) is -8.28. The van der Waals surface area contributed by atoms with E-state index in [-0.39, 0.29) is 25.2 Å². The lowest BCUT2D eigenvalue weighted by Crippen LogP contribution is -2.64. The van der Waals surface area contributed by atoms with Crippen molar-refractivity contribution in [2.45, 2.75) is 81.6 Å². The van der Waals surface area contributed by atoms with Crippen molar-refractivity contribution in [1.82, 2.24) is 0 Å². The van der Waals surface area contributed by atoms with Gasteiger partial charge in [0.2, 0.25) is 12.2 Å². The summed E-state index contributed by atoms with van der Waals surface area (Å²) in [7, 11) is 1.07. The van der Waals surface area contributed by atoms with Gasteiger partial charge in [-0.15, -0.1) is 0 Å². The maximum atomic E-state index is 13.0. The molecular formula is C26H32Cl3NO10. The monoisotopic (exact) mass is 623 g/mol. The fraction of sp³-hybridized carbons (Fsp3) is 0.577. The van der Waals surface area contributed by atoms with Crippen molar-refractivity contribution < 1.29 is 47.6 Å². The lowest BCUT2D eigenvalue weighted by molar-refractivity contribution is -0.293. The van der Waals surface area contributed by atoms with Crippen molar-refractivity contribution in [3.8, 4) is 0 Å². The zero-order chi connectivity index (χ0) is 30.3. The summed E-state index contributed by atoms with van der Waals surface area (Å²) in [5.74, 6) is -3.73. The number of carbonyl (C=O) groups is 4. The number of halogens is 3. The number of alkyl halides is 3. The molecule has 40 heavy (non-hydrogen) atoms. The summed E-state index contributed by atoms with van der Waals surface area (Å²) in [6, 6.07) is 8.85. The minimum atomic E-state index is -2.33. The molecule has 5 atom stereocenters. The molecule has 0 saturated carbocycles. The van der Waals surface area contributed by atoms with Crippen LogP contribution >= 0.6 is 34.8 Å². The second-order valence-corrected chi connectivity index (χ2v) is 12.2. The van der Waals surface area contributed by atoms with Crippen LogP contribution in [0.4, 0.5) is 0 Å². The van der Waals surface area contributed by atoms with Crippen LogP contribution in [0.25, 0.3) is 0 Å². The average Bonchev–Trinajstić information content (AvgIpc) is 2.87. The van der Waals surface area contributed by atoms with Gasteiger partial charge in [0.25, 0.3) is 3.79 Å². The number of ether oxygens (including phenoxy) is 6. The lowest BCUT2D eigenvalue weighted by atomic mass is 9.95. The highest BCUT2D eigenvalue weighted by atomic mass is 35.6. The fourth-order valence-corrected chi connectivity index (χ4v) is 3.53. The smallest absolute Gasteiger partial charge is 0.339 e. The van der Waals surface area contributed by atoms with Gasteiger partial charge in [-0.25, -0.2) is 4.79 Å². The van der Waals surface area contributed by atoms with Crippen LogP contribution in [-0.2, 0) is 54.2 Å². The number of carbonyl (C=O) groups excluding carboxylic acids is 4. The molecule has 1 aliphatic rings. The Kier molecular flexibility index (Phi) is 12.2. The first kappa shape index (κ1) is 33.8. The molecule has 1 aromatic rings. The van der Waals surface area contributed by atoms with E-state index in [0.717, 1.165) is 7.11 Å². The predicted octanol–water partition coefficient (Wildman–Crippen LogP) is 4.07. The number of rotatable bonds is 10. The summed E-state index contributed by atoms with van der Waals surface area (Å²) in [5, 5.41) is 8.04. The summed E-state index contributed by atoms with van der Waals surface area (Å²) in [4.78, 5) is 49.9. The van der Waals surface area contributed by atoms with E-state index in [4.69, 9.17) is 68.6 Å². The molecule has 0 amide bonds. The molecule has 11 nitrogen and oxygen atoms in total. The van der Waals surface area contributed by atoms with E-state index in [2.05, 4.69) is 0 Å². The highest BCUT2D eigenvalue weighted by Gasteiger charge is 2.56. The van der Waals surface area contributed by atoms with Crippen molar-refractivity contribution >= 4 is 64.4 Å². The van der Waals surface area contributed by atoms with Gasteiger partial charge in [-0.2, -0.15) is 0 Å². The first-order chi connectivity index (χ1) is 18.5. The SMILES string of the molecule is COC(=O)[C@H]1O[C@H](OC(=N)C(Cl)(Cl)Cl)[C@@H](OC(=O)C(C)(C)C)[C@H](OCc2ccccc2)[C@H]1OC(=O)CCC(C)=O. The van der Waals surface area contributed by atoms with Gasteiger partial charge in [0.1, 0.15) is 11.9 Å². The van der Waals surface area contributed by atoms with Gasteiger partial charge >= 0.3 is 17.9 Å². The van der Waals surface area contributed by atoms with Crippen molar-refractivity contribution in [2.24, 2.45) is 5.41 Å². The maximum absolute atomic E-state index is 13.0. The molecule has 1 saturated heterocycles. The van der Waals surface area contributed by atoms with E-state index in [1.165, 1.54) is 6.92 Å². The van der Waals surface area contributed by atoms with Crippen molar-refractivity contribution in [3.63, 3.8) is 0 Å². The topological polar surface area (TPSA) is 148 Å². The second-order valence-electron chi connectivity index (χ2n) is 9.93. The van der Waals surface area contributed by atoms with E-state index in [0.29, 0.717) is 5.56 Å². The number of ketones is 1. The Labute approximate surface area is 247 Å². The van der Waals surface area contributed by atoms with Crippen LogP contribution in [0.5, 0.6) is 0 Å². The van der Waals surface area contributed by atoms with Gasteiger partial charge < -0.3 is 33.2 Å². The summed E-state index contributed by atoms with van der Waals surface area (Å²) in [6.45, 7) is 6.00. The molecule has 1 aromatic carbocycles. The predicted molar refractivity (Wildman–Crippen MR) is 144 cm³/mol. The molecule has 0 unspecified atom stereocenters. The van der Waals surface area contributed by atoms with Crippen LogP contribution in [0.15, 0.2) is 30.3 Å². The van der Waals surface area contributed by atoms with Gasteiger partial charge in [-0.3, -0.25) is 15.0 Å². The van der Waals surface area contributed by atoms with Crippen molar-refractivity contribution in [3.05, 3.63) is 35.9 Å². The second kappa shape index (κ2) is 14.5. The zero-order valence-electron chi connectivity index (χ0n) is 22.6. The molecule has 1 fully saturated rings. The van der Waals surface area contributed by atoms with Crippen LogP contribution in [0, 0.1) is 10.8 Å². The number of esters is 3. The van der Waals surface area contributed by atoms with E-state index in [9.17, 15) is 19.2 Å². The molecule has 1 heterocycles. The zero-order valence-corrected chi connectivity index (χ0v) is 24.9. The van der Waals surface area contributed by atoms with Gasteiger partial charge in [0.15, 0.2) is 18.3 Å². The lowest BCUT2D eigenvalue weighted by Gasteiger charge is -2.44. The largest absolute Gasteiger partial charge is 0.467 e. The van der Waals surface area contributed by atoms with Crippen LogP contribution in [0.3, 0.4) is 0 Å². The summed E-state index contributed by atoms with van der Waals surface area (Å²) in [5.41, 5.74) is -0.331. The molecule has 0 aliphatic carbocycles. The molecule has 0 aromatic heterocycles. The van der Waals surface area contributed by atoms with Gasteiger partial charge in [-0.1, -0.05) is 65.1 Å². The van der Waals surface area contributed by atoms with E-state index in [1.807, 2.05) is 0 Å². The van der Waals surface area contributed by atoms with Gasteiger partial charge in [-0.05, 0) is 33.3 Å². The van der Waals surface area contributed by atoms with Crippen molar-refractivity contribution in [1.29, 1.82) is 5.41 Å². The highest BCUT2D eigenvalue weighted by Crippen LogP contribution is 2.35. The van der Waals surface area contributed by atoms with Crippen LogP contribution in [-0.4, -0.2) is 71.2 Å². The Morgan fingerprint density at radius 2 is 1.55 bits per heavy atom. The van der Waals surface area contributed by atoms with E-state index < -0.39 is 63.7 Å². The Morgan fingerprint density at radius 1 is 0.925 bits per heavy atom. The maximum Gasteiger partial charge on any atom is 0.339 e. The van der Waals surface area contributed by atoms with E-state index >= 15 is 0 Å². The van der Waals surface area contributed by atoms with Crippen molar-refractivity contribution in [2.75, 3.05) is 7.11 Å². The first-order valence-corrected chi connectivity index (χ1v) is 13.3. The molecule has 2 rings (SSSR count). The van der Waals surface area contributed by atoms with Crippen LogP contribution in [0.2, 0.25) is 0 Å². The van der Waals surface area contributed by atoms with Crippen LogP contribution < -0.4 is 0 Å². The number of Topliss-reactive ketones (excluding diaryl/α,β-unsaturated/α-hetero) is 1. The molecule has 1 N–H and O–H groups in total. The third-order valence-electron chi connectivity index (χ3n) is 5.51. The Hall–Kier alpha value is -2.44. The Bertz CT molecular complexity index is 1070. The Morgan fingerprint density at radius 3 is 2.08 bits per heavy atom. The number of hydrogen-bond donors (Lipinski definition) is 1. The fourth-order valence-electron chi connectivity index (χ4n) is 3.39. The number of hydrogen-bond acceptors (Lipinski definition) is 11.